The molecule has 0 aliphatic heterocycles. The third-order valence-electron chi connectivity index (χ3n) is 2.74. The van der Waals surface area contributed by atoms with Crippen LogP contribution in [0.25, 0.3) is 0 Å². The maximum Gasteiger partial charge on any atom is 0.387 e. The maximum absolute atomic E-state index is 12.4. The van der Waals surface area contributed by atoms with Crippen LogP contribution in [-0.4, -0.2) is 15.8 Å². The zero-order chi connectivity index (χ0) is 14.5. The van der Waals surface area contributed by atoms with E-state index in [9.17, 15) is 8.78 Å². The average Bonchev–Trinajstić information content (AvgIpc) is 2.82. The Bertz CT molecular complexity index is 575. The summed E-state index contributed by atoms with van der Waals surface area (Å²) in [6.45, 7) is -0.817. The molecule has 0 aliphatic rings. The molecule has 0 fully saturated rings. The van der Waals surface area contributed by atoms with E-state index in [4.69, 9.17) is 4.74 Å². The first-order valence-electron chi connectivity index (χ1n) is 6.03. The Morgan fingerprint density at radius 1 is 1.35 bits per heavy atom. The quantitative estimate of drug-likeness (QED) is 0.831. The van der Waals surface area contributed by atoms with Crippen molar-refractivity contribution in [2.75, 3.05) is 0 Å². The first-order chi connectivity index (χ1) is 9.60. The van der Waals surface area contributed by atoms with E-state index in [1.165, 1.54) is 10.2 Å². The van der Waals surface area contributed by atoms with Crippen LogP contribution in [-0.2, 0) is 13.0 Å². The summed E-state index contributed by atoms with van der Waals surface area (Å²) in [7, 11) is 0. The molecule has 0 spiro atoms. The van der Waals surface area contributed by atoms with E-state index >= 15 is 0 Å². The van der Waals surface area contributed by atoms with Crippen molar-refractivity contribution in [3.05, 3.63) is 41.6 Å². The maximum atomic E-state index is 12.4. The summed E-state index contributed by atoms with van der Waals surface area (Å²) < 4.78 is 36.1. The van der Waals surface area contributed by atoms with E-state index in [-0.39, 0.29) is 12.4 Å². The third-order valence-corrected chi connectivity index (χ3v) is 2.97. The fraction of sp³-hybridized carbons (Fsp3) is 0.308. The number of hydrogen-bond acceptors (Lipinski definition) is 4. The third kappa shape index (κ3) is 3.63. The van der Waals surface area contributed by atoms with E-state index < -0.39 is 6.61 Å². The molecule has 7 heteroatoms. The summed E-state index contributed by atoms with van der Waals surface area (Å²) >= 11 is 3.99. The number of alkyl halides is 2. The number of rotatable bonds is 6. The van der Waals surface area contributed by atoms with E-state index in [2.05, 4.69) is 22.7 Å². The SMILES string of the molecule is CCc1cccc(OC(F)F)c1COc1ccn(S)n1. The lowest BCUT2D eigenvalue weighted by Gasteiger charge is -2.14. The van der Waals surface area contributed by atoms with Crippen molar-refractivity contribution < 1.29 is 18.3 Å². The lowest BCUT2D eigenvalue weighted by atomic mass is 10.0. The van der Waals surface area contributed by atoms with Crippen molar-refractivity contribution in [1.82, 2.24) is 9.19 Å². The zero-order valence-electron chi connectivity index (χ0n) is 10.8. The van der Waals surface area contributed by atoms with Gasteiger partial charge in [-0.25, -0.2) is 4.09 Å². The molecule has 0 radical (unpaired) electrons. The van der Waals surface area contributed by atoms with Crippen molar-refractivity contribution in [1.29, 1.82) is 0 Å². The summed E-state index contributed by atoms with van der Waals surface area (Å²) in [6.07, 6.45) is 2.31. The molecule has 0 saturated carbocycles. The van der Waals surface area contributed by atoms with Gasteiger partial charge in [0, 0.05) is 17.8 Å². The molecule has 20 heavy (non-hydrogen) atoms. The number of benzene rings is 1. The molecule has 1 aromatic heterocycles. The molecule has 2 rings (SSSR count). The molecule has 0 bridgehead atoms. The van der Waals surface area contributed by atoms with E-state index in [1.54, 1.807) is 18.3 Å². The van der Waals surface area contributed by atoms with Crippen LogP contribution >= 0.6 is 12.8 Å². The van der Waals surface area contributed by atoms with E-state index in [0.29, 0.717) is 17.9 Å². The summed E-state index contributed by atoms with van der Waals surface area (Å²) in [5.74, 6) is 0.499. The van der Waals surface area contributed by atoms with Gasteiger partial charge in [0.2, 0.25) is 5.88 Å². The van der Waals surface area contributed by atoms with Gasteiger partial charge in [0.05, 0.1) is 0 Å². The Kier molecular flexibility index (Phi) is 4.84. The highest BCUT2D eigenvalue weighted by molar-refractivity contribution is 7.78. The van der Waals surface area contributed by atoms with Crippen LogP contribution in [0.4, 0.5) is 8.78 Å². The van der Waals surface area contributed by atoms with Gasteiger partial charge >= 0.3 is 6.61 Å². The van der Waals surface area contributed by atoms with Crippen LogP contribution in [0.3, 0.4) is 0 Å². The standard InChI is InChI=1S/C13H14F2N2O2S/c1-2-9-4-3-5-11(19-13(14)15)10(9)8-18-12-6-7-17(20)16-12/h3-7,13,20H,2,8H2,1H3. The predicted molar refractivity (Wildman–Crippen MR) is 73.4 cm³/mol. The Morgan fingerprint density at radius 2 is 2.15 bits per heavy atom. The fourth-order valence-corrected chi connectivity index (χ4v) is 1.99. The number of aryl methyl sites for hydroxylation is 1. The summed E-state index contributed by atoms with van der Waals surface area (Å²) in [4.78, 5) is 0. The fourth-order valence-electron chi connectivity index (χ4n) is 1.83. The van der Waals surface area contributed by atoms with Gasteiger partial charge in [-0.2, -0.15) is 8.78 Å². The van der Waals surface area contributed by atoms with Crippen LogP contribution in [0.5, 0.6) is 11.6 Å². The van der Waals surface area contributed by atoms with Crippen molar-refractivity contribution >= 4 is 12.8 Å². The molecule has 4 nitrogen and oxygen atoms in total. The number of ether oxygens (including phenoxy) is 2. The largest absolute Gasteiger partial charge is 0.472 e. The molecular weight excluding hydrogens is 286 g/mol. The molecule has 0 saturated heterocycles. The summed E-state index contributed by atoms with van der Waals surface area (Å²) in [5.41, 5.74) is 1.50. The van der Waals surface area contributed by atoms with Gasteiger partial charge in [-0.3, -0.25) is 0 Å². The molecule has 0 atom stereocenters. The number of halogens is 2. The smallest absolute Gasteiger partial charge is 0.387 e. The molecular formula is C13H14F2N2O2S. The highest BCUT2D eigenvalue weighted by Gasteiger charge is 2.13. The van der Waals surface area contributed by atoms with Gasteiger partial charge in [0.1, 0.15) is 12.4 Å². The summed E-state index contributed by atoms with van der Waals surface area (Å²) in [5, 5.41) is 3.94. The Morgan fingerprint density at radius 3 is 2.75 bits per heavy atom. The van der Waals surface area contributed by atoms with E-state index in [0.717, 1.165) is 5.56 Å². The number of nitrogens with zero attached hydrogens (tertiary/aromatic N) is 2. The molecule has 2 aromatic rings. The van der Waals surface area contributed by atoms with Crippen molar-refractivity contribution in [3.8, 4) is 11.6 Å². The lowest BCUT2D eigenvalue weighted by molar-refractivity contribution is -0.0509. The Labute approximate surface area is 120 Å². The van der Waals surface area contributed by atoms with Gasteiger partial charge in [-0.1, -0.05) is 19.1 Å². The number of hydrogen-bond donors (Lipinski definition) is 1. The van der Waals surface area contributed by atoms with Crippen molar-refractivity contribution in [3.63, 3.8) is 0 Å². The number of thiol groups is 1. The second-order valence-electron chi connectivity index (χ2n) is 3.99. The Balaban J connectivity index is 2.19. The molecule has 0 amide bonds. The van der Waals surface area contributed by atoms with E-state index in [1.807, 2.05) is 13.0 Å². The van der Waals surface area contributed by atoms with Gasteiger partial charge < -0.3 is 9.47 Å². The second kappa shape index (κ2) is 6.60. The molecule has 0 unspecified atom stereocenters. The van der Waals surface area contributed by atoms with Gasteiger partial charge in [0.15, 0.2) is 0 Å². The van der Waals surface area contributed by atoms with Crippen molar-refractivity contribution in [2.24, 2.45) is 0 Å². The van der Waals surface area contributed by atoms with Crippen LogP contribution in [0, 0.1) is 0 Å². The minimum atomic E-state index is -2.86. The van der Waals surface area contributed by atoms with Crippen LogP contribution < -0.4 is 9.47 Å². The number of aromatic nitrogens is 2. The molecule has 108 valence electrons. The van der Waals surface area contributed by atoms with Crippen LogP contribution in [0.15, 0.2) is 30.5 Å². The topological polar surface area (TPSA) is 36.3 Å². The summed E-state index contributed by atoms with van der Waals surface area (Å²) in [6, 6.07) is 6.67. The van der Waals surface area contributed by atoms with Crippen LogP contribution in [0.2, 0.25) is 0 Å². The predicted octanol–water partition coefficient (Wildman–Crippen LogP) is 3.32. The minimum Gasteiger partial charge on any atom is -0.472 e. The normalized spacial score (nSPS) is 10.8. The van der Waals surface area contributed by atoms with Crippen molar-refractivity contribution in [2.45, 2.75) is 26.6 Å². The lowest BCUT2D eigenvalue weighted by Crippen LogP contribution is -2.08. The van der Waals surface area contributed by atoms with Gasteiger partial charge in [0.25, 0.3) is 0 Å². The first-order valence-corrected chi connectivity index (χ1v) is 6.43. The average molecular weight is 300 g/mol. The highest BCUT2D eigenvalue weighted by Crippen LogP contribution is 2.26. The van der Waals surface area contributed by atoms with Gasteiger partial charge in [-0.15, -0.1) is 5.10 Å². The minimum absolute atomic E-state index is 0.108. The second-order valence-corrected chi connectivity index (χ2v) is 4.40. The highest BCUT2D eigenvalue weighted by atomic mass is 32.1. The Hall–Kier alpha value is -1.76. The zero-order valence-corrected chi connectivity index (χ0v) is 11.7. The molecule has 1 aromatic carbocycles. The molecule has 0 aliphatic carbocycles. The molecule has 1 heterocycles. The first kappa shape index (κ1) is 14.6. The monoisotopic (exact) mass is 300 g/mol. The van der Waals surface area contributed by atoms with Gasteiger partial charge in [-0.05, 0) is 30.9 Å². The van der Waals surface area contributed by atoms with Crippen LogP contribution in [0.1, 0.15) is 18.1 Å². The molecule has 0 N–H and O–H groups in total.